The summed E-state index contributed by atoms with van der Waals surface area (Å²) in [5, 5.41) is 3.97. The minimum absolute atomic E-state index is 0.980. The molecule has 0 saturated heterocycles. The minimum atomic E-state index is -1.66. The third-order valence-corrected chi connectivity index (χ3v) is 7.84. The lowest BCUT2D eigenvalue weighted by molar-refractivity contribution is -0.633. The van der Waals surface area contributed by atoms with Crippen LogP contribution in [0.5, 0.6) is 11.5 Å². The van der Waals surface area contributed by atoms with Crippen molar-refractivity contribution in [3.63, 3.8) is 0 Å². The van der Waals surface area contributed by atoms with Crippen LogP contribution in [0.15, 0.2) is 42.6 Å². The van der Waals surface area contributed by atoms with E-state index in [1.807, 2.05) is 0 Å². The van der Waals surface area contributed by atoms with Crippen LogP contribution in [0.4, 0.5) is 0 Å². The van der Waals surface area contributed by atoms with Crippen molar-refractivity contribution in [2.75, 3.05) is 0 Å². The highest BCUT2D eigenvalue weighted by Gasteiger charge is 2.38. The van der Waals surface area contributed by atoms with Gasteiger partial charge < -0.3 is 9.30 Å². The van der Waals surface area contributed by atoms with Crippen molar-refractivity contribution in [1.29, 1.82) is 0 Å². The fourth-order valence-corrected chi connectivity index (χ4v) is 6.53. The first-order valence-electron chi connectivity index (χ1n) is 9.51. The van der Waals surface area contributed by atoms with Crippen LogP contribution in [0.1, 0.15) is 5.56 Å². The van der Waals surface area contributed by atoms with Gasteiger partial charge in [-0.3, -0.25) is 0 Å². The van der Waals surface area contributed by atoms with Crippen molar-refractivity contribution in [2.24, 2.45) is 14.1 Å². The van der Waals surface area contributed by atoms with Crippen LogP contribution in [0, 0.1) is 6.92 Å². The molecule has 0 unspecified atom stereocenters. The molecule has 0 atom stereocenters. The molecule has 3 nitrogen and oxygen atoms in total. The normalized spacial score (nSPS) is 13.1. The van der Waals surface area contributed by atoms with Crippen molar-refractivity contribution in [3.8, 4) is 22.8 Å². The van der Waals surface area contributed by atoms with Gasteiger partial charge in [0.1, 0.15) is 7.05 Å². The first kappa shape index (κ1) is 16.6. The number of hydrogen-bond acceptors (Lipinski definition) is 1. The van der Waals surface area contributed by atoms with E-state index < -0.39 is 8.07 Å². The van der Waals surface area contributed by atoms with Gasteiger partial charge in [-0.15, -0.1) is 0 Å². The zero-order chi connectivity index (χ0) is 19.1. The van der Waals surface area contributed by atoms with E-state index in [0.29, 0.717) is 0 Å². The second-order valence-corrected chi connectivity index (χ2v) is 13.7. The maximum Gasteiger partial charge on any atom is 0.256 e. The highest BCUT2D eigenvalue weighted by Crippen LogP contribution is 2.47. The Morgan fingerprint density at radius 3 is 2.52 bits per heavy atom. The van der Waals surface area contributed by atoms with Crippen LogP contribution >= 0.6 is 0 Å². The lowest BCUT2D eigenvalue weighted by Gasteiger charge is -2.26. The predicted octanol–water partition coefficient (Wildman–Crippen LogP) is 4.78. The van der Waals surface area contributed by atoms with E-state index in [1.54, 1.807) is 0 Å². The van der Waals surface area contributed by atoms with Crippen molar-refractivity contribution >= 4 is 35.1 Å². The predicted molar refractivity (Wildman–Crippen MR) is 115 cm³/mol. The summed E-state index contributed by atoms with van der Waals surface area (Å²) in [7, 11) is 2.61. The molecule has 0 spiro atoms. The largest absolute Gasteiger partial charge is 0.448 e. The van der Waals surface area contributed by atoms with Gasteiger partial charge in [0.05, 0.1) is 24.5 Å². The van der Waals surface area contributed by atoms with E-state index >= 15 is 0 Å². The van der Waals surface area contributed by atoms with Crippen LogP contribution < -0.4 is 14.5 Å². The van der Waals surface area contributed by atoms with E-state index in [1.165, 1.54) is 43.8 Å². The number of para-hydroxylation sites is 1. The van der Waals surface area contributed by atoms with Crippen LogP contribution in [-0.2, 0) is 14.1 Å². The average Bonchev–Trinajstić information content (AvgIpc) is 2.92. The Morgan fingerprint density at radius 1 is 1.04 bits per heavy atom. The van der Waals surface area contributed by atoms with Gasteiger partial charge >= 0.3 is 0 Å². The first-order chi connectivity index (χ1) is 12.8. The fourth-order valence-electron chi connectivity index (χ4n) is 4.66. The number of rotatable bonds is 1. The molecule has 0 amide bonds. The number of nitrogens with zero attached hydrogens (tertiary/aromatic N) is 2. The molecular formula is C23H25N2OSi+. The van der Waals surface area contributed by atoms with Gasteiger partial charge in [0.25, 0.3) is 5.69 Å². The molecule has 4 aromatic rings. The van der Waals surface area contributed by atoms with E-state index in [0.717, 1.165) is 11.5 Å². The third-order valence-electron chi connectivity index (χ3n) is 5.84. The van der Waals surface area contributed by atoms with Crippen molar-refractivity contribution in [1.82, 2.24) is 4.57 Å². The Kier molecular flexibility index (Phi) is 3.21. The summed E-state index contributed by atoms with van der Waals surface area (Å²) in [5.41, 5.74) is 6.32. The van der Waals surface area contributed by atoms with E-state index in [-0.39, 0.29) is 0 Å². The molecule has 4 heteroatoms. The van der Waals surface area contributed by atoms with Gasteiger partial charge in [-0.05, 0) is 24.6 Å². The molecule has 1 aliphatic rings. The second-order valence-electron chi connectivity index (χ2n) is 8.74. The summed E-state index contributed by atoms with van der Waals surface area (Å²) >= 11 is 0. The topological polar surface area (TPSA) is 18.0 Å². The number of ether oxygens (including phenoxy) is 1. The molecule has 2 aromatic heterocycles. The molecule has 3 heterocycles. The summed E-state index contributed by atoms with van der Waals surface area (Å²) in [5.74, 6) is 2.04. The van der Waals surface area contributed by atoms with Gasteiger partial charge in [0, 0.05) is 29.9 Å². The van der Waals surface area contributed by atoms with Crippen molar-refractivity contribution < 1.29 is 9.30 Å². The molecule has 2 aromatic carbocycles. The molecule has 0 aliphatic carbocycles. The van der Waals surface area contributed by atoms with Gasteiger partial charge in [-0.1, -0.05) is 37.8 Å². The quantitative estimate of drug-likeness (QED) is 0.305. The van der Waals surface area contributed by atoms with Gasteiger partial charge in [-0.2, -0.15) is 4.57 Å². The second kappa shape index (κ2) is 5.23. The SMILES string of the molecule is Cc1ccc2c3c(cn2C)Oc2c([Si](C)(C)C)c4ccccc4[n+](C)c2-c13. The number of aromatic nitrogens is 2. The Bertz CT molecular complexity index is 1260. The molecule has 0 radical (unpaired) electrons. The van der Waals surface area contributed by atoms with E-state index in [4.69, 9.17) is 4.74 Å². The molecule has 0 saturated carbocycles. The van der Waals surface area contributed by atoms with E-state index in [9.17, 15) is 0 Å². The molecule has 0 fully saturated rings. The van der Waals surface area contributed by atoms with Crippen molar-refractivity contribution in [2.45, 2.75) is 26.6 Å². The maximum absolute atomic E-state index is 6.66. The Hall–Kier alpha value is -2.59. The van der Waals surface area contributed by atoms with E-state index in [2.05, 4.69) is 92.4 Å². The van der Waals surface area contributed by atoms with Crippen LogP contribution in [0.3, 0.4) is 0 Å². The number of benzene rings is 2. The van der Waals surface area contributed by atoms with Crippen LogP contribution in [0.2, 0.25) is 19.6 Å². The molecule has 136 valence electrons. The lowest BCUT2D eigenvalue weighted by atomic mass is 9.96. The van der Waals surface area contributed by atoms with Crippen molar-refractivity contribution in [3.05, 3.63) is 48.2 Å². The number of fused-ring (bicyclic) bond motifs is 3. The summed E-state index contributed by atoms with van der Waals surface area (Å²) in [6.07, 6.45) is 2.12. The standard InChI is InChI=1S/C23H25N2OSi/c1-14-11-12-17-20-18(13-24(17)2)26-22-21(19(14)20)25(3)16-10-8-7-9-15(16)23(22)27(4,5)6/h7-13H,1-6H3/q+1. The summed E-state index contributed by atoms with van der Waals surface area (Å²) in [6.45, 7) is 9.44. The number of aryl methyl sites for hydroxylation is 3. The Labute approximate surface area is 160 Å². The smallest absolute Gasteiger partial charge is 0.256 e. The summed E-state index contributed by atoms with van der Waals surface area (Å²) in [4.78, 5) is 0. The van der Waals surface area contributed by atoms with Crippen LogP contribution in [-0.4, -0.2) is 12.6 Å². The fraction of sp³-hybridized carbons (Fsp3) is 0.261. The maximum atomic E-state index is 6.66. The molecule has 0 bridgehead atoms. The van der Waals surface area contributed by atoms with Gasteiger partial charge in [0.2, 0.25) is 5.52 Å². The third kappa shape index (κ3) is 2.10. The highest BCUT2D eigenvalue weighted by atomic mass is 28.3. The molecular weight excluding hydrogens is 348 g/mol. The Balaban J connectivity index is 2.06. The number of pyridine rings is 1. The van der Waals surface area contributed by atoms with Gasteiger partial charge in [0.15, 0.2) is 11.5 Å². The molecule has 1 aliphatic heterocycles. The zero-order valence-electron chi connectivity index (χ0n) is 16.8. The average molecular weight is 374 g/mol. The molecule has 27 heavy (non-hydrogen) atoms. The minimum Gasteiger partial charge on any atom is -0.448 e. The van der Waals surface area contributed by atoms with Crippen LogP contribution in [0.25, 0.3) is 33.1 Å². The summed E-state index contributed by atoms with van der Waals surface area (Å²) in [6, 6.07) is 13.2. The Morgan fingerprint density at radius 2 is 1.78 bits per heavy atom. The zero-order valence-corrected chi connectivity index (χ0v) is 17.8. The molecule has 0 N–H and O–H groups in total. The lowest BCUT2D eigenvalue weighted by Crippen LogP contribution is -2.45. The number of hydrogen-bond donors (Lipinski definition) is 0. The first-order valence-corrected chi connectivity index (χ1v) is 13.0. The van der Waals surface area contributed by atoms with Gasteiger partial charge in [-0.25, -0.2) is 0 Å². The summed E-state index contributed by atoms with van der Waals surface area (Å²) < 4.78 is 11.2. The molecule has 5 rings (SSSR count). The highest BCUT2D eigenvalue weighted by molar-refractivity contribution is 6.91. The monoisotopic (exact) mass is 373 g/mol.